The quantitative estimate of drug-likeness (QED) is 0.362. The average molecular weight is 530 g/mol. The molecule has 2 aliphatic rings. The standard InChI is InChI=1S/C29H30N6O4/c1-16(37)26-27(19-11-20-6-7-21(12-19)34(20)25(38)15-36)33-29-23(14-32-35(29)28(26)30)18-5-10-24(31-13-18)17-3-8-22(39-2)9-4-17/h3-5,8-10,13-14,19-21,36H,6-7,11-12,15,30H2,1-2H3/t19-,20-,21+/i2D3. The number of aromatic nitrogens is 4. The maximum atomic E-state index is 12.8. The average Bonchev–Trinajstić information content (AvgIpc) is 3.50. The molecule has 3 aromatic heterocycles. The minimum Gasteiger partial charge on any atom is -0.497 e. The summed E-state index contributed by atoms with van der Waals surface area (Å²) in [5.74, 6) is -0.0679. The van der Waals surface area contributed by atoms with Crippen LogP contribution in [0.2, 0.25) is 0 Å². The predicted octanol–water partition coefficient (Wildman–Crippen LogP) is 3.48. The first-order valence-corrected chi connectivity index (χ1v) is 12.9. The number of rotatable bonds is 6. The summed E-state index contributed by atoms with van der Waals surface area (Å²) in [7, 11) is -2.52. The molecule has 3 N–H and O–H groups in total. The van der Waals surface area contributed by atoms with Crippen molar-refractivity contribution in [1.29, 1.82) is 0 Å². The number of nitrogens with two attached hydrogens (primary N) is 1. The Morgan fingerprint density at radius 2 is 1.82 bits per heavy atom. The maximum absolute atomic E-state index is 12.8. The van der Waals surface area contributed by atoms with Crippen LogP contribution in [0.25, 0.3) is 28.0 Å². The molecule has 2 aliphatic heterocycles. The van der Waals surface area contributed by atoms with Crippen LogP contribution in [-0.2, 0) is 4.79 Å². The van der Waals surface area contributed by atoms with Crippen LogP contribution in [0.15, 0.2) is 48.8 Å². The summed E-state index contributed by atoms with van der Waals surface area (Å²) in [5, 5.41) is 13.9. The Labute approximate surface area is 229 Å². The number of Topliss-reactive ketones (excluding diaryl/α,β-unsaturated/α-hetero) is 1. The molecule has 4 aromatic rings. The summed E-state index contributed by atoms with van der Waals surface area (Å²) in [6.45, 7) is 0.959. The van der Waals surface area contributed by atoms with E-state index in [2.05, 4.69) is 10.1 Å². The number of carbonyl (C=O) groups excluding carboxylic acids is 2. The third kappa shape index (κ3) is 4.21. The molecule has 200 valence electrons. The van der Waals surface area contributed by atoms with E-state index in [9.17, 15) is 14.7 Å². The monoisotopic (exact) mass is 529 g/mol. The van der Waals surface area contributed by atoms with E-state index in [1.165, 1.54) is 11.4 Å². The number of fused-ring (bicyclic) bond motifs is 3. The van der Waals surface area contributed by atoms with Gasteiger partial charge in [-0.1, -0.05) is 6.07 Å². The zero-order valence-corrected chi connectivity index (χ0v) is 21.4. The number of benzene rings is 1. The Kier molecular flexibility index (Phi) is 5.41. The van der Waals surface area contributed by atoms with E-state index in [-0.39, 0.29) is 41.3 Å². The fraction of sp³-hybridized carbons (Fsp3) is 0.345. The van der Waals surface area contributed by atoms with Gasteiger partial charge in [-0.2, -0.15) is 9.61 Å². The zero-order valence-electron chi connectivity index (χ0n) is 24.4. The fourth-order valence-corrected chi connectivity index (χ4v) is 6.20. The van der Waals surface area contributed by atoms with Crippen molar-refractivity contribution in [2.75, 3.05) is 19.4 Å². The molecule has 0 radical (unpaired) electrons. The van der Waals surface area contributed by atoms with Gasteiger partial charge in [0, 0.05) is 40.9 Å². The number of methoxy groups -OCH3 is 1. The lowest BCUT2D eigenvalue weighted by Gasteiger charge is -2.39. The van der Waals surface area contributed by atoms with Gasteiger partial charge in [0.15, 0.2) is 11.4 Å². The van der Waals surface area contributed by atoms with Gasteiger partial charge in [-0.15, -0.1) is 0 Å². The Bertz CT molecular complexity index is 1660. The zero-order chi connectivity index (χ0) is 29.8. The smallest absolute Gasteiger partial charge is 0.248 e. The first-order valence-electron chi connectivity index (χ1n) is 14.4. The predicted molar refractivity (Wildman–Crippen MR) is 145 cm³/mol. The van der Waals surface area contributed by atoms with Gasteiger partial charge in [-0.25, -0.2) is 4.98 Å². The van der Waals surface area contributed by atoms with Gasteiger partial charge in [-0.3, -0.25) is 14.6 Å². The highest BCUT2D eigenvalue weighted by Gasteiger charge is 2.44. The van der Waals surface area contributed by atoms with Crippen molar-refractivity contribution >= 4 is 23.2 Å². The van der Waals surface area contributed by atoms with E-state index >= 15 is 0 Å². The molecule has 3 atom stereocenters. The minimum absolute atomic E-state index is 0.0114. The number of carbonyl (C=O) groups is 2. The second kappa shape index (κ2) is 9.77. The minimum atomic E-state index is -2.52. The molecule has 2 saturated heterocycles. The largest absolute Gasteiger partial charge is 0.497 e. The summed E-state index contributed by atoms with van der Waals surface area (Å²) in [4.78, 5) is 36.6. The molecule has 2 bridgehead atoms. The molecular weight excluding hydrogens is 496 g/mol. The van der Waals surface area contributed by atoms with E-state index < -0.39 is 13.6 Å². The SMILES string of the molecule is [2H]C([2H])([2H])Oc1ccc(-c2ccc(-c3cnn4c(N)c(C(C)=O)c([C@@H]5C[C@H]6CC[C@@H](C5)N6C(=O)CO)nc34)cn2)cc1. The number of ketones is 1. The van der Waals surface area contributed by atoms with Crippen LogP contribution in [0.5, 0.6) is 5.75 Å². The number of aliphatic hydroxyl groups excluding tert-OH is 1. The number of nitrogens with zero attached hydrogens (tertiary/aromatic N) is 5. The van der Waals surface area contributed by atoms with E-state index in [4.69, 9.17) is 19.6 Å². The maximum Gasteiger partial charge on any atom is 0.248 e. The Hall–Kier alpha value is -4.31. The topological polar surface area (TPSA) is 136 Å². The number of hydrogen-bond acceptors (Lipinski definition) is 8. The third-order valence-corrected chi connectivity index (χ3v) is 7.95. The number of ether oxygens (including phenoxy) is 1. The highest BCUT2D eigenvalue weighted by molar-refractivity contribution is 6.00. The van der Waals surface area contributed by atoms with Gasteiger partial charge in [0.05, 0.1) is 34.3 Å². The first kappa shape index (κ1) is 21.6. The molecule has 6 rings (SSSR count). The number of piperidine rings is 1. The normalized spacial score (nSPS) is 21.8. The van der Waals surface area contributed by atoms with Gasteiger partial charge in [-0.05, 0) is 62.9 Å². The van der Waals surface area contributed by atoms with Crippen LogP contribution in [-0.4, -0.2) is 67.0 Å². The molecule has 2 fully saturated rings. The van der Waals surface area contributed by atoms with Crippen molar-refractivity contribution < 1.29 is 23.5 Å². The van der Waals surface area contributed by atoms with Crippen LogP contribution in [0.3, 0.4) is 0 Å². The van der Waals surface area contributed by atoms with Crippen LogP contribution >= 0.6 is 0 Å². The van der Waals surface area contributed by atoms with Crippen molar-refractivity contribution in [1.82, 2.24) is 24.5 Å². The Morgan fingerprint density at radius 3 is 2.44 bits per heavy atom. The number of pyridine rings is 1. The van der Waals surface area contributed by atoms with E-state index in [1.54, 1.807) is 41.6 Å². The number of aliphatic hydroxyl groups is 1. The summed E-state index contributed by atoms with van der Waals surface area (Å²) in [5.41, 5.74) is 10.9. The molecule has 5 heterocycles. The molecule has 1 aromatic carbocycles. The number of amides is 1. The Balaban J connectivity index is 1.33. The van der Waals surface area contributed by atoms with Gasteiger partial charge >= 0.3 is 0 Å². The number of nitrogen functional groups attached to an aromatic ring is 1. The van der Waals surface area contributed by atoms with Gasteiger partial charge < -0.3 is 20.5 Å². The third-order valence-electron chi connectivity index (χ3n) is 7.95. The molecule has 0 aliphatic carbocycles. The summed E-state index contributed by atoms with van der Waals surface area (Å²) < 4.78 is 28.1. The summed E-state index contributed by atoms with van der Waals surface area (Å²) >= 11 is 0. The van der Waals surface area contributed by atoms with Gasteiger partial charge in [0.1, 0.15) is 18.2 Å². The van der Waals surface area contributed by atoms with Gasteiger partial charge in [0.25, 0.3) is 0 Å². The lowest BCUT2D eigenvalue weighted by Crippen LogP contribution is -2.47. The van der Waals surface area contributed by atoms with Crippen LogP contribution in [0.4, 0.5) is 5.82 Å². The highest BCUT2D eigenvalue weighted by Crippen LogP contribution is 2.44. The molecule has 39 heavy (non-hydrogen) atoms. The lowest BCUT2D eigenvalue weighted by atomic mass is 9.85. The molecule has 0 spiro atoms. The molecule has 10 heteroatoms. The van der Waals surface area contributed by atoms with Gasteiger partial charge in [0.2, 0.25) is 5.91 Å². The second-order valence-corrected chi connectivity index (χ2v) is 10.2. The number of hydrogen-bond donors (Lipinski definition) is 2. The highest BCUT2D eigenvalue weighted by atomic mass is 16.5. The van der Waals surface area contributed by atoms with Crippen LogP contribution in [0.1, 0.15) is 58.7 Å². The van der Waals surface area contributed by atoms with E-state index in [0.29, 0.717) is 41.0 Å². The first-order chi connectivity index (χ1) is 20.0. The molecule has 0 saturated carbocycles. The van der Waals surface area contributed by atoms with Crippen molar-refractivity contribution in [3.8, 4) is 28.1 Å². The van der Waals surface area contributed by atoms with Crippen molar-refractivity contribution in [3.05, 3.63) is 60.0 Å². The van der Waals surface area contributed by atoms with Crippen LogP contribution in [0, 0.1) is 0 Å². The summed E-state index contributed by atoms with van der Waals surface area (Å²) in [6.07, 6.45) is 6.34. The van der Waals surface area contributed by atoms with Crippen molar-refractivity contribution in [2.24, 2.45) is 0 Å². The molecule has 1 amide bonds. The Morgan fingerprint density at radius 1 is 1.10 bits per heavy atom. The molecule has 0 unspecified atom stereocenters. The van der Waals surface area contributed by atoms with E-state index in [0.717, 1.165) is 24.0 Å². The van der Waals surface area contributed by atoms with Crippen LogP contribution < -0.4 is 10.5 Å². The molecular formula is C29H30N6O4. The number of anilines is 1. The lowest BCUT2D eigenvalue weighted by molar-refractivity contribution is -0.138. The van der Waals surface area contributed by atoms with Crippen molar-refractivity contribution in [3.63, 3.8) is 0 Å². The fourth-order valence-electron chi connectivity index (χ4n) is 6.20. The van der Waals surface area contributed by atoms with Crippen molar-refractivity contribution in [2.45, 2.75) is 50.6 Å². The van der Waals surface area contributed by atoms with E-state index in [1.807, 2.05) is 12.1 Å². The molecule has 10 nitrogen and oxygen atoms in total. The summed E-state index contributed by atoms with van der Waals surface area (Å²) in [6, 6.07) is 10.4. The second-order valence-electron chi connectivity index (χ2n) is 10.2.